The normalized spacial score (nSPS) is 15.5. The van der Waals surface area contributed by atoms with Gasteiger partial charge >= 0.3 is 6.03 Å². The smallest absolute Gasteiger partial charge is 0.335 e. The van der Waals surface area contributed by atoms with E-state index in [1.807, 2.05) is 26.0 Å². The largest absolute Gasteiger partial charge is 0.493 e. The van der Waals surface area contributed by atoms with Gasteiger partial charge in [-0.1, -0.05) is 25.1 Å². The molecule has 0 aliphatic carbocycles. The van der Waals surface area contributed by atoms with Crippen molar-refractivity contribution < 1.29 is 23.9 Å². The Labute approximate surface area is 168 Å². The average molecular weight is 394 g/mol. The summed E-state index contributed by atoms with van der Waals surface area (Å²) in [6, 6.07) is 11.3. The van der Waals surface area contributed by atoms with Crippen LogP contribution in [-0.2, 0) is 16.0 Å². The lowest BCUT2D eigenvalue weighted by Gasteiger charge is -2.26. The molecular formula is C22H22N2O5. The lowest BCUT2D eigenvalue weighted by molar-refractivity contribution is -0.122. The molecule has 2 aromatic rings. The topological polar surface area (TPSA) is 84.9 Å². The van der Waals surface area contributed by atoms with Gasteiger partial charge in [0.25, 0.3) is 11.8 Å². The van der Waals surface area contributed by atoms with Crippen molar-refractivity contribution in [1.29, 1.82) is 0 Å². The molecule has 0 saturated carbocycles. The van der Waals surface area contributed by atoms with Gasteiger partial charge in [-0.25, -0.2) is 9.69 Å². The first kappa shape index (κ1) is 20.1. The summed E-state index contributed by atoms with van der Waals surface area (Å²) in [5.41, 5.74) is 1.90. The number of carbonyl (C=O) groups excluding carboxylic acids is 3. The number of hydrogen-bond donors (Lipinski definition) is 1. The fourth-order valence-electron chi connectivity index (χ4n) is 2.99. The third-order valence-corrected chi connectivity index (χ3v) is 4.50. The highest BCUT2D eigenvalue weighted by Gasteiger charge is 2.36. The van der Waals surface area contributed by atoms with Crippen LogP contribution in [0.5, 0.6) is 11.5 Å². The quantitative estimate of drug-likeness (QED) is 0.600. The maximum Gasteiger partial charge on any atom is 0.335 e. The average Bonchev–Trinajstić information content (AvgIpc) is 2.72. The molecule has 4 amide bonds. The van der Waals surface area contributed by atoms with Gasteiger partial charge in [-0.05, 0) is 54.8 Å². The second kappa shape index (κ2) is 8.60. The second-order valence-corrected chi connectivity index (χ2v) is 6.32. The molecule has 0 aromatic heterocycles. The predicted octanol–water partition coefficient (Wildman–Crippen LogP) is 3.32. The van der Waals surface area contributed by atoms with Crippen molar-refractivity contribution in [2.75, 3.05) is 18.6 Å². The molecule has 29 heavy (non-hydrogen) atoms. The molecule has 1 aliphatic heterocycles. The summed E-state index contributed by atoms with van der Waals surface area (Å²) in [6.07, 6.45) is 2.26. The Morgan fingerprint density at radius 1 is 1.00 bits per heavy atom. The van der Waals surface area contributed by atoms with Crippen LogP contribution in [0, 0.1) is 0 Å². The molecule has 1 aliphatic rings. The molecule has 150 valence electrons. The van der Waals surface area contributed by atoms with Crippen molar-refractivity contribution in [3.8, 4) is 11.5 Å². The summed E-state index contributed by atoms with van der Waals surface area (Å²) >= 11 is 0. The molecule has 3 rings (SSSR count). The van der Waals surface area contributed by atoms with Gasteiger partial charge in [-0.3, -0.25) is 14.9 Å². The molecule has 1 saturated heterocycles. The highest BCUT2D eigenvalue weighted by atomic mass is 16.5. The number of aryl methyl sites for hydroxylation is 1. The minimum absolute atomic E-state index is 0.143. The van der Waals surface area contributed by atoms with E-state index in [-0.39, 0.29) is 5.57 Å². The van der Waals surface area contributed by atoms with Gasteiger partial charge in [-0.15, -0.1) is 0 Å². The van der Waals surface area contributed by atoms with E-state index in [1.165, 1.54) is 13.2 Å². The highest BCUT2D eigenvalue weighted by Crippen LogP contribution is 2.30. The SMILES string of the molecule is CCOc1ccc(/C=C2\C(=O)NC(=O)N(c3ccc(CC)cc3)C2=O)cc1OC. The molecule has 7 heteroatoms. The van der Waals surface area contributed by atoms with E-state index in [2.05, 4.69) is 5.32 Å². The van der Waals surface area contributed by atoms with E-state index in [0.29, 0.717) is 29.4 Å². The minimum Gasteiger partial charge on any atom is -0.493 e. The Bertz CT molecular complexity index is 979. The monoisotopic (exact) mass is 394 g/mol. The van der Waals surface area contributed by atoms with Crippen molar-refractivity contribution in [2.24, 2.45) is 0 Å². The Morgan fingerprint density at radius 2 is 1.72 bits per heavy atom. The van der Waals surface area contributed by atoms with Crippen molar-refractivity contribution in [2.45, 2.75) is 20.3 Å². The van der Waals surface area contributed by atoms with Gasteiger partial charge in [0, 0.05) is 0 Å². The zero-order valence-corrected chi connectivity index (χ0v) is 16.5. The number of urea groups is 1. The molecule has 7 nitrogen and oxygen atoms in total. The molecular weight excluding hydrogens is 372 g/mol. The number of imide groups is 2. The standard InChI is InChI=1S/C22H22N2O5/c1-4-14-6-9-16(10-7-14)24-21(26)17(20(25)23-22(24)27)12-15-8-11-18(29-5-2)19(13-15)28-3/h6-13H,4-5H2,1-3H3,(H,23,25,27)/b17-12+. The number of rotatable bonds is 6. The molecule has 2 aromatic carbocycles. The summed E-state index contributed by atoms with van der Waals surface area (Å²) in [5, 5.41) is 2.22. The fourth-order valence-corrected chi connectivity index (χ4v) is 2.99. The third kappa shape index (κ3) is 4.13. The number of nitrogens with zero attached hydrogens (tertiary/aromatic N) is 1. The number of hydrogen-bond acceptors (Lipinski definition) is 5. The number of amides is 4. The zero-order valence-electron chi connectivity index (χ0n) is 16.5. The van der Waals surface area contributed by atoms with Gasteiger partial charge in [-0.2, -0.15) is 0 Å². The van der Waals surface area contributed by atoms with Crippen LogP contribution in [0.25, 0.3) is 6.08 Å². The molecule has 0 radical (unpaired) electrons. The first-order valence-corrected chi connectivity index (χ1v) is 9.29. The van der Waals surface area contributed by atoms with E-state index >= 15 is 0 Å². The lowest BCUT2D eigenvalue weighted by atomic mass is 10.1. The number of anilines is 1. The Hall–Kier alpha value is -3.61. The summed E-state index contributed by atoms with van der Waals surface area (Å²) in [7, 11) is 1.51. The van der Waals surface area contributed by atoms with Gasteiger partial charge < -0.3 is 9.47 Å². The van der Waals surface area contributed by atoms with Crippen LogP contribution in [0.2, 0.25) is 0 Å². The summed E-state index contributed by atoms with van der Waals surface area (Å²) in [5.74, 6) is -0.387. The molecule has 1 fully saturated rings. The van der Waals surface area contributed by atoms with Gasteiger partial charge in [0.05, 0.1) is 19.4 Å². The zero-order chi connectivity index (χ0) is 21.0. The summed E-state index contributed by atoms with van der Waals surface area (Å²) < 4.78 is 10.8. The van der Waals surface area contributed by atoms with E-state index in [0.717, 1.165) is 16.9 Å². The van der Waals surface area contributed by atoms with Gasteiger partial charge in [0.1, 0.15) is 5.57 Å². The lowest BCUT2D eigenvalue weighted by Crippen LogP contribution is -2.54. The summed E-state index contributed by atoms with van der Waals surface area (Å²) in [6.45, 7) is 4.35. The number of benzene rings is 2. The van der Waals surface area contributed by atoms with Crippen molar-refractivity contribution >= 4 is 29.6 Å². The molecule has 0 bridgehead atoms. The van der Waals surface area contributed by atoms with Crippen LogP contribution in [0.3, 0.4) is 0 Å². The molecule has 0 unspecified atom stereocenters. The van der Waals surface area contributed by atoms with Crippen LogP contribution in [0.15, 0.2) is 48.0 Å². The molecule has 1 heterocycles. The molecule has 0 spiro atoms. The maximum absolute atomic E-state index is 12.9. The van der Waals surface area contributed by atoms with E-state index in [4.69, 9.17) is 9.47 Å². The summed E-state index contributed by atoms with van der Waals surface area (Å²) in [4.78, 5) is 38.5. The first-order valence-electron chi connectivity index (χ1n) is 9.29. The number of barbiturate groups is 1. The number of methoxy groups -OCH3 is 1. The Balaban J connectivity index is 1.96. The number of carbonyl (C=O) groups is 3. The number of ether oxygens (including phenoxy) is 2. The van der Waals surface area contributed by atoms with Crippen LogP contribution in [0.1, 0.15) is 25.0 Å². The predicted molar refractivity (Wildman–Crippen MR) is 109 cm³/mol. The van der Waals surface area contributed by atoms with Gasteiger partial charge in [0.2, 0.25) is 0 Å². The Morgan fingerprint density at radius 3 is 2.34 bits per heavy atom. The van der Waals surface area contributed by atoms with E-state index in [9.17, 15) is 14.4 Å². The highest BCUT2D eigenvalue weighted by molar-refractivity contribution is 6.39. The van der Waals surface area contributed by atoms with Crippen LogP contribution in [0.4, 0.5) is 10.5 Å². The minimum atomic E-state index is -0.773. The first-order chi connectivity index (χ1) is 14.0. The van der Waals surface area contributed by atoms with Crippen molar-refractivity contribution in [3.05, 3.63) is 59.2 Å². The van der Waals surface area contributed by atoms with E-state index in [1.54, 1.807) is 30.3 Å². The van der Waals surface area contributed by atoms with Gasteiger partial charge in [0.15, 0.2) is 11.5 Å². The maximum atomic E-state index is 12.9. The van der Waals surface area contributed by atoms with Crippen LogP contribution in [-0.4, -0.2) is 31.6 Å². The fraction of sp³-hybridized carbons (Fsp3) is 0.227. The Kier molecular flexibility index (Phi) is 5.97. The van der Waals surface area contributed by atoms with Crippen LogP contribution < -0.4 is 19.7 Å². The van der Waals surface area contributed by atoms with Crippen molar-refractivity contribution in [1.82, 2.24) is 5.32 Å². The second-order valence-electron chi connectivity index (χ2n) is 6.32. The van der Waals surface area contributed by atoms with E-state index < -0.39 is 17.8 Å². The van der Waals surface area contributed by atoms with Crippen molar-refractivity contribution in [3.63, 3.8) is 0 Å². The molecule has 1 N–H and O–H groups in total. The number of nitrogens with one attached hydrogen (secondary N) is 1. The molecule has 0 atom stereocenters. The van der Waals surface area contributed by atoms with Crippen LogP contribution >= 0.6 is 0 Å². The third-order valence-electron chi connectivity index (χ3n) is 4.50.